The summed E-state index contributed by atoms with van der Waals surface area (Å²) in [6, 6.07) is -0.769. The number of rotatable bonds is 10. The molecule has 2 atom stereocenters. The molecule has 11 heteroatoms. The molecule has 3 fully saturated rings. The minimum Gasteiger partial charge on any atom is -0.343 e. The molecule has 0 radical (unpaired) electrons. The third-order valence-electron chi connectivity index (χ3n) is 6.79. The van der Waals surface area contributed by atoms with Crippen LogP contribution in [-0.2, 0) is 29.2 Å². The van der Waals surface area contributed by atoms with Gasteiger partial charge in [0.15, 0.2) is 0 Å². The second kappa shape index (κ2) is 10.9. The minimum atomic E-state index is -3.78. The number of nitrogens with one attached hydrogen (secondary N) is 2. The van der Waals surface area contributed by atoms with Crippen molar-refractivity contribution in [1.82, 2.24) is 19.8 Å². The molecule has 34 heavy (non-hydrogen) atoms. The van der Waals surface area contributed by atoms with Crippen LogP contribution in [0.5, 0.6) is 0 Å². The van der Waals surface area contributed by atoms with Gasteiger partial charge in [-0.2, -0.15) is 0 Å². The van der Waals surface area contributed by atoms with Crippen LogP contribution in [0.4, 0.5) is 0 Å². The Morgan fingerprint density at radius 2 is 1.62 bits per heavy atom. The number of carbonyl (C=O) groups excluding carboxylic acids is 4. The molecule has 1 aliphatic carbocycles. The Morgan fingerprint density at radius 3 is 2.24 bits per heavy atom. The van der Waals surface area contributed by atoms with Crippen molar-refractivity contribution in [3.8, 4) is 0 Å². The monoisotopic (exact) mass is 496 g/mol. The molecule has 0 spiro atoms. The van der Waals surface area contributed by atoms with Crippen molar-refractivity contribution in [3.63, 3.8) is 0 Å². The summed E-state index contributed by atoms with van der Waals surface area (Å²) in [4.78, 5) is 54.4. The molecule has 0 aromatic heterocycles. The highest BCUT2D eigenvalue weighted by Gasteiger charge is 2.43. The molecular formula is C23H36N4O6S. The summed E-state index contributed by atoms with van der Waals surface area (Å²) in [5.41, 5.74) is -1.53. The van der Waals surface area contributed by atoms with Crippen molar-refractivity contribution in [3.05, 3.63) is 12.7 Å². The maximum absolute atomic E-state index is 13.1. The summed E-state index contributed by atoms with van der Waals surface area (Å²) in [7, 11) is -3.78. The lowest BCUT2D eigenvalue weighted by molar-refractivity contribution is -0.142. The SMILES string of the molecule is C=CCC(C)(NC(=O)[C@@H]1CCCN1C(=O)CCC(=O)N1CCCCC1)C(=O)NS(=O)(=O)C1CC1. The Hall–Kier alpha value is -2.43. The van der Waals surface area contributed by atoms with E-state index in [1.807, 2.05) is 0 Å². The molecule has 4 amide bonds. The van der Waals surface area contributed by atoms with Gasteiger partial charge in [-0.3, -0.25) is 23.9 Å². The van der Waals surface area contributed by atoms with E-state index in [2.05, 4.69) is 16.6 Å². The van der Waals surface area contributed by atoms with Crippen LogP contribution in [0.1, 0.15) is 71.1 Å². The molecule has 0 bridgehead atoms. The van der Waals surface area contributed by atoms with E-state index in [4.69, 9.17) is 0 Å². The zero-order valence-corrected chi connectivity index (χ0v) is 20.7. The summed E-state index contributed by atoms with van der Waals surface area (Å²) in [6.45, 7) is 6.91. The number of likely N-dealkylation sites (tertiary alicyclic amines) is 2. The lowest BCUT2D eigenvalue weighted by atomic mass is 9.96. The highest BCUT2D eigenvalue weighted by atomic mass is 32.2. The van der Waals surface area contributed by atoms with E-state index in [1.54, 1.807) is 4.90 Å². The third-order valence-corrected chi connectivity index (χ3v) is 8.61. The van der Waals surface area contributed by atoms with Crippen LogP contribution in [-0.4, -0.2) is 78.3 Å². The number of nitrogens with zero attached hydrogens (tertiary/aromatic N) is 2. The number of sulfonamides is 1. The van der Waals surface area contributed by atoms with Crippen molar-refractivity contribution >= 4 is 33.7 Å². The van der Waals surface area contributed by atoms with Gasteiger partial charge in [0, 0.05) is 32.5 Å². The molecule has 10 nitrogen and oxygen atoms in total. The van der Waals surface area contributed by atoms with E-state index in [0.717, 1.165) is 32.4 Å². The van der Waals surface area contributed by atoms with E-state index in [1.165, 1.54) is 17.9 Å². The molecule has 2 heterocycles. The van der Waals surface area contributed by atoms with E-state index in [9.17, 15) is 27.6 Å². The Morgan fingerprint density at radius 1 is 0.971 bits per heavy atom. The summed E-state index contributed by atoms with van der Waals surface area (Å²) < 4.78 is 26.5. The zero-order valence-electron chi connectivity index (χ0n) is 19.9. The average Bonchev–Trinajstić information content (AvgIpc) is 3.55. The smallest absolute Gasteiger partial charge is 0.259 e. The first-order valence-corrected chi connectivity index (χ1v) is 13.7. The molecule has 0 aromatic carbocycles. The topological polar surface area (TPSA) is 133 Å². The normalized spacial score (nSPS) is 22.6. The fourth-order valence-corrected chi connectivity index (χ4v) is 5.95. The van der Waals surface area contributed by atoms with Crippen LogP contribution in [0.3, 0.4) is 0 Å². The van der Waals surface area contributed by atoms with Crippen LogP contribution in [0.25, 0.3) is 0 Å². The number of piperidine rings is 1. The van der Waals surface area contributed by atoms with E-state index >= 15 is 0 Å². The summed E-state index contributed by atoms with van der Waals surface area (Å²) in [5, 5.41) is 2.09. The van der Waals surface area contributed by atoms with Gasteiger partial charge in [-0.15, -0.1) is 6.58 Å². The minimum absolute atomic E-state index is 0.0236. The lowest BCUT2D eigenvalue weighted by Crippen LogP contribution is -2.61. The number of carbonyl (C=O) groups is 4. The molecule has 2 aliphatic heterocycles. The summed E-state index contributed by atoms with van der Waals surface area (Å²) >= 11 is 0. The van der Waals surface area contributed by atoms with Crippen LogP contribution >= 0.6 is 0 Å². The van der Waals surface area contributed by atoms with E-state index < -0.39 is 38.7 Å². The van der Waals surface area contributed by atoms with Gasteiger partial charge in [0.05, 0.1) is 5.25 Å². The first kappa shape index (κ1) is 26.2. The average molecular weight is 497 g/mol. The molecule has 3 rings (SSSR count). The lowest BCUT2D eigenvalue weighted by Gasteiger charge is -2.32. The van der Waals surface area contributed by atoms with Gasteiger partial charge >= 0.3 is 0 Å². The van der Waals surface area contributed by atoms with Gasteiger partial charge in [0.2, 0.25) is 27.7 Å². The van der Waals surface area contributed by atoms with Crippen LogP contribution in [0.15, 0.2) is 12.7 Å². The molecular weight excluding hydrogens is 460 g/mol. The van der Waals surface area contributed by atoms with Crippen molar-refractivity contribution in [2.75, 3.05) is 19.6 Å². The molecule has 2 N–H and O–H groups in total. The molecule has 0 aromatic rings. The standard InChI is InChI=1S/C23H36N4O6S/c1-3-13-23(2,22(31)25-34(32,33)17-9-10-17)24-21(30)18-8-7-16-27(18)20(29)12-11-19(28)26-14-5-4-6-15-26/h3,17-18H,1,4-16H2,2H3,(H,24,30)(H,25,31)/t18-,23?/m0/s1. The Labute approximate surface area is 201 Å². The zero-order chi connectivity index (χ0) is 24.9. The Balaban J connectivity index is 1.59. The summed E-state index contributed by atoms with van der Waals surface area (Å²) in [6.07, 6.45) is 6.75. The second-order valence-electron chi connectivity index (χ2n) is 9.68. The van der Waals surface area contributed by atoms with Gasteiger partial charge in [0.1, 0.15) is 11.6 Å². The predicted octanol–water partition coefficient (Wildman–Crippen LogP) is 0.830. The van der Waals surface area contributed by atoms with Crippen molar-refractivity contribution in [1.29, 1.82) is 0 Å². The predicted molar refractivity (Wildman–Crippen MR) is 126 cm³/mol. The molecule has 3 aliphatic rings. The second-order valence-corrected chi connectivity index (χ2v) is 11.6. The first-order valence-electron chi connectivity index (χ1n) is 12.1. The molecule has 2 saturated heterocycles. The van der Waals surface area contributed by atoms with E-state index in [-0.39, 0.29) is 31.1 Å². The highest BCUT2D eigenvalue weighted by molar-refractivity contribution is 7.90. The van der Waals surface area contributed by atoms with Crippen LogP contribution in [0, 0.1) is 0 Å². The maximum atomic E-state index is 13.1. The molecule has 1 unspecified atom stereocenters. The largest absolute Gasteiger partial charge is 0.343 e. The fraction of sp³-hybridized carbons (Fsp3) is 0.739. The Kier molecular flexibility index (Phi) is 8.38. The number of amides is 4. The maximum Gasteiger partial charge on any atom is 0.259 e. The van der Waals surface area contributed by atoms with Crippen LogP contribution in [0.2, 0.25) is 0 Å². The van der Waals surface area contributed by atoms with Crippen molar-refractivity contribution in [2.24, 2.45) is 0 Å². The molecule has 1 saturated carbocycles. The Bertz CT molecular complexity index is 926. The number of hydrogen-bond donors (Lipinski definition) is 2. The summed E-state index contributed by atoms with van der Waals surface area (Å²) in [5.74, 6) is -1.65. The first-order chi connectivity index (χ1) is 16.1. The van der Waals surface area contributed by atoms with Gasteiger partial charge in [0.25, 0.3) is 5.91 Å². The van der Waals surface area contributed by atoms with Gasteiger partial charge in [-0.25, -0.2) is 8.42 Å². The molecule has 190 valence electrons. The third kappa shape index (κ3) is 6.37. The quantitative estimate of drug-likeness (QED) is 0.431. The van der Waals surface area contributed by atoms with Gasteiger partial charge in [-0.1, -0.05) is 6.08 Å². The van der Waals surface area contributed by atoms with Crippen molar-refractivity contribution < 1.29 is 27.6 Å². The van der Waals surface area contributed by atoms with Crippen LogP contribution < -0.4 is 10.0 Å². The van der Waals surface area contributed by atoms with Gasteiger partial charge < -0.3 is 15.1 Å². The van der Waals surface area contributed by atoms with Crippen molar-refractivity contribution in [2.45, 2.75) is 88.0 Å². The fourth-order valence-electron chi connectivity index (χ4n) is 4.54. The van der Waals surface area contributed by atoms with E-state index in [0.29, 0.717) is 32.2 Å². The van der Waals surface area contributed by atoms with Gasteiger partial charge in [-0.05, 0) is 58.3 Å². The highest BCUT2D eigenvalue weighted by Crippen LogP contribution is 2.28. The number of hydrogen-bond acceptors (Lipinski definition) is 6.